The summed E-state index contributed by atoms with van der Waals surface area (Å²) in [7, 11) is -3.43. The number of anilines is 1. The molecule has 1 aromatic rings. The number of carbonyl (C=O) groups is 1. The maximum atomic E-state index is 12.4. The van der Waals surface area contributed by atoms with E-state index in [4.69, 9.17) is 5.73 Å². The van der Waals surface area contributed by atoms with E-state index in [9.17, 15) is 13.2 Å². The zero-order valence-corrected chi connectivity index (χ0v) is 12.4. The topological polar surface area (TPSA) is 89.3 Å². The minimum atomic E-state index is -3.43. The Labute approximate surface area is 119 Å². The predicted octanol–water partition coefficient (Wildman–Crippen LogP) is 1.44. The van der Waals surface area contributed by atoms with E-state index in [0.29, 0.717) is 25.1 Å². The molecule has 0 bridgehead atoms. The number of rotatable bonds is 4. The van der Waals surface area contributed by atoms with Crippen molar-refractivity contribution in [2.75, 3.05) is 11.6 Å². The molecule has 0 radical (unpaired) electrons. The molecule has 0 aromatic heterocycles. The Hall–Kier alpha value is -1.40. The van der Waals surface area contributed by atoms with Crippen molar-refractivity contribution in [2.24, 2.45) is 5.73 Å². The molecule has 0 unspecified atom stereocenters. The Bertz CT molecular complexity index is 587. The molecule has 0 saturated heterocycles. The molecule has 0 heterocycles. The number of benzene rings is 1. The van der Waals surface area contributed by atoms with Crippen molar-refractivity contribution in [3.8, 4) is 0 Å². The van der Waals surface area contributed by atoms with Crippen molar-refractivity contribution in [2.45, 2.75) is 37.0 Å². The molecule has 1 aliphatic rings. The van der Waals surface area contributed by atoms with Crippen LogP contribution in [-0.2, 0) is 21.2 Å². The molecule has 0 spiro atoms. The molecule has 20 heavy (non-hydrogen) atoms. The summed E-state index contributed by atoms with van der Waals surface area (Å²) in [5.41, 5.74) is 7.07. The second kappa shape index (κ2) is 5.54. The van der Waals surface area contributed by atoms with Gasteiger partial charge in [0.15, 0.2) is 14.6 Å². The summed E-state index contributed by atoms with van der Waals surface area (Å²) >= 11 is 0. The summed E-state index contributed by atoms with van der Waals surface area (Å²) in [5, 5.41) is 2.72. The summed E-state index contributed by atoms with van der Waals surface area (Å²) in [5.74, 6) is -0.419. The molecule has 0 atom stereocenters. The van der Waals surface area contributed by atoms with Crippen LogP contribution in [0.5, 0.6) is 0 Å². The molecular weight excluding hydrogens is 276 g/mol. The van der Waals surface area contributed by atoms with Crippen molar-refractivity contribution in [3.63, 3.8) is 0 Å². The van der Waals surface area contributed by atoms with Gasteiger partial charge in [0.25, 0.3) is 0 Å². The monoisotopic (exact) mass is 296 g/mol. The van der Waals surface area contributed by atoms with E-state index in [2.05, 4.69) is 5.32 Å². The van der Waals surface area contributed by atoms with E-state index in [1.165, 1.54) is 0 Å². The molecule has 3 N–H and O–H groups in total. The normalized spacial score (nSPS) is 17.9. The Morgan fingerprint density at radius 1 is 1.25 bits per heavy atom. The van der Waals surface area contributed by atoms with Gasteiger partial charge < -0.3 is 11.1 Å². The second-order valence-electron chi connectivity index (χ2n) is 5.33. The molecule has 110 valence electrons. The first kappa shape index (κ1) is 15.0. The van der Waals surface area contributed by atoms with Crippen LogP contribution in [0.2, 0.25) is 0 Å². The minimum Gasteiger partial charge on any atom is -0.326 e. The summed E-state index contributed by atoms with van der Waals surface area (Å²) in [6, 6.07) is 7.12. The number of amides is 1. The van der Waals surface area contributed by atoms with Gasteiger partial charge in [-0.15, -0.1) is 0 Å². The highest BCUT2D eigenvalue weighted by Gasteiger charge is 2.49. The molecule has 1 fully saturated rings. The third kappa shape index (κ3) is 2.71. The summed E-state index contributed by atoms with van der Waals surface area (Å²) in [6.45, 7) is 0.432. The Balaban J connectivity index is 2.21. The minimum absolute atomic E-state index is 0.401. The van der Waals surface area contributed by atoms with Crippen LogP contribution in [0.1, 0.15) is 31.2 Å². The molecule has 1 saturated carbocycles. The molecule has 0 aliphatic heterocycles. The summed E-state index contributed by atoms with van der Waals surface area (Å²) in [4.78, 5) is 12.4. The lowest BCUT2D eigenvalue weighted by molar-refractivity contribution is -0.118. The SMILES string of the molecule is CS(=O)(=O)C1(C(=O)Nc2ccc(CN)cc2)CCCC1. The fourth-order valence-electron chi connectivity index (χ4n) is 2.68. The van der Waals surface area contributed by atoms with Crippen molar-refractivity contribution in [1.82, 2.24) is 0 Å². The first-order valence-corrected chi connectivity index (χ1v) is 8.58. The summed E-state index contributed by atoms with van der Waals surface area (Å²) in [6.07, 6.45) is 3.49. The number of hydrogen-bond donors (Lipinski definition) is 2. The van der Waals surface area contributed by atoms with Crippen molar-refractivity contribution >= 4 is 21.4 Å². The van der Waals surface area contributed by atoms with Crippen molar-refractivity contribution in [3.05, 3.63) is 29.8 Å². The third-order valence-electron chi connectivity index (χ3n) is 3.98. The lowest BCUT2D eigenvalue weighted by Gasteiger charge is -2.25. The third-order valence-corrected chi connectivity index (χ3v) is 6.00. The van der Waals surface area contributed by atoms with Gasteiger partial charge in [0, 0.05) is 18.5 Å². The quantitative estimate of drug-likeness (QED) is 0.880. The molecule has 2 rings (SSSR count). The van der Waals surface area contributed by atoms with Gasteiger partial charge in [0.1, 0.15) is 0 Å². The van der Waals surface area contributed by atoms with Crippen LogP contribution < -0.4 is 11.1 Å². The molecule has 6 heteroatoms. The predicted molar refractivity (Wildman–Crippen MR) is 79.0 cm³/mol. The highest BCUT2D eigenvalue weighted by Crippen LogP contribution is 2.37. The van der Waals surface area contributed by atoms with E-state index in [-0.39, 0.29) is 0 Å². The van der Waals surface area contributed by atoms with Gasteiger partial charge in [-0.2, -0.15) is 0 Å². The van der Waals surface area contributed by atoms with Crippen molar-refractivity contribution < 1.29 is 13.2 Å². The van der Waals surface area contributed by atoms with Gasteiger partial charge in [0.05, 0.1) is 0 Å². The number of hydrogen-bond acceptors (Lipinski definition) is 4. The Kier molecular flexibility index (Phi) is 4.15. The molecule has 5 nitrogen and oxygen atoms in total. The van der Waals surface area contributed by atoms with E-state index in [1.54, 1.807) is 12.1 Å². The van der Waals surface area contributed by atoms with E-state index in [1.807, 2.05) is 12.1 Å². The second-order valence-corrected chi connectivity index (χ2v) is 7.65. The van der Waals surface area contributed by atoms with Gasteiger partial charge >= 0.3 is 0 Å². The Morgan fingerprint density at radius 3 is 2.25 bits per heavy atom. The molecule has 1 aliphatic carbocycles. The lowest BCUT2D eigenvalue weighted by Crippen LogP contribution is -2.47. The van der Waals surface area contributed by atoms with Crippen LogP contribution in [0.4, 0.5) is 5.69 Å². The largest absolute Gasteiger partial charge is 0.326 e. The van der Waals surface area contributed by atoms with Crippen LogP contribution in [0.15, 0.2) is 24.3 Å². The number of nitrogens with two attached hydrogens (primary N) is 1. The van der Waals surface area contributed by atoms with Gasteiger partial charge in [-0.1, -0.05) is 25.0 Å². The first-order valence-electron chi connectivity index (χ1n) is 6.69. The standard InChI is InChI=1S/C14H20N2O3S/c1-20(18,19)14(8-2-3-9-14)13(17)16-12-6-4-11(10-15)5-7-12/h4-7H,2-3,8-10,15H2,1H3,(H,16,17). The van der Waals surface area contributed by atoms with Crippen LogP contribution in [0, 0.1) is 0 Å². The van der Waals surface area contributed by atoms with Crippen LogP contribution >= 0.6 is 0 Å². The van der Waals surface area contributed by atoms with Gasteiger partial charge in [-0.25, -0.2) is 8.42 Å². The zero-order chi connectivity index (χ0) is 14.8. The average Bonchev–Trinajstić information content (AvgIpc) is 2.90. The maximum Gasteiger partial charge on any atom is 0.245 e. The van der Waals surface area contributed by atoms with E-state index in [0.717, 1.165) is 24.7 Å². The highest BCUT2D eigenvalue weighted by molar-refractivity contribution is 7.92. The lowest BCUT2D eigenvalue weighted by atomic mass is 10.1. The Morgan fingerprint density at radius 2 is 1.80 bits per heavy atom. The number of carbonyl (C=O) groups excluding carboxylic acids is 1. The van der Waals surface area contributed by atoms with E-state index < -0.39 is 20.5 Å². The van der Waals surface area contributed by atoms with E-state index >= 15 is 0 Å². The number of nitrogens with one attached hydrogen (secondary N) is 1. The van der Waals surface area contributed by atoms with Crippen LogP contribution in [0.25, 0.3) is 0 Å². The van der Waals surface area contributed by atoms with Gasteiger partial charge in [-0.05, 0) is 30.5 Å². The van der Waals surface area contributed by atoms with Crippen LogP contribution in [0.3, 0.4) is 0 Å². The smallest absolute Gasteiger partial charge is 0.245 e. The zero-order valence-electron chi connectivity index (χ0n) is 11.6. The highest BCUT2D eigenvalue weighted by atomic mass is 32.2. The molecule has 1 amide bonds. The maximum absolute atomic E-state index is 12.4. The fraction of sp³-hybridized carbons (Fsp3) is 0.500. The van der Waals surface area contributed by atoms with Crippen molar-refractivity contribution in [1.29, 1.82) is 0 Å². The van der Waals surface area contributed by atoms with Gasteiger partial charge in [-0.3, -0.25) is 4.79 Å². The molecule has 1 aromatic carbocycles. The van der Waals surface area contributed by atoms with Gasteiger partial charge in [0.2, 0.25) is 5.91 Å². The summed E-state index contributed by atoms with van der Waals surface area (Å²) < 4.78 is 22.8. The average molecular weight is 296 g/mol. The fourth-order valence-corrected chi connectivity index (χ4v) is 4.10. The first-order chi connectivity index (χ1) is 9.39. The molecular formula is C14H20N2O3S. The number of sulfone groups is 1. The van der Waals surface area contributed by atoms with Crippen LogP contribution in [-0.4, -0.2) is 25.3 Å².